The van der Waals surface area contributed by atoms with Crippen molar-refractivity contribution in [3.63, 3.8) is 0 Å². The van der Waals surface area contributed by atoms with E-state index >= 15 is 0 Å². The van der Waals surface area contributed by atoms with Gasteiger partial charge < -0.3 is 11.5 Å². The lowest BCUT2D eigenvalue weighted by molar-refractivity contribution is 0.392. The molecule has 1 aliphatic rings. The molecule has 1 saturated carbocycles. The molecule has 15 heavy (non-hydrogen) atoms. The average molecular weight is 234 g/mol. The molecule has 1 aliphatic carbocycles. The molecular weight excluding hydrogens is 213 g/mol. The summed E-state index contributed by atoms with van der Waals surface area (Å²) in [6.07, 6.45) is 4.16. The van der Waals surface area contributed by atoms with Gasteiger partial charge in [0.1, 0.15) is 0 Å². The highest BCUT2D eigenvalue weighted by atomic mass is 31.1. The molecular formula is C9H21N3O2P+. The number of nitrogens with two attached hydrogens (primary N) is 3. The predicted molar refractivity (Wildman–Crippen MR) is 60.4 cm³/mol. The zero-order valence-electron chi connectivity index (χ0n) is 8.93. The van der Waals surface area contributed by atoms with E-state index in [2.05, 4.69) is 0 Å². The Kier molecular flexibility index (Phi) is 4.62. The van der Waals surface area contributed by atoms with Gasteiger partial charge in [0.25, 0.3) is 0 Å². The van der Waals surface area contributed by atoms with E-state index in [-0.39, 0.29) is 12.1 Å². The Bertz CT molecular complexity index is 223. The van der Waals surface area contributed by atoms with Crippen LogP contribution in [0.15, 0.2) is 0 Å². The maximum atomic E-state index is 11.2. The van der Waals surface area contributed by atoms with Gasteiger partial charge in [0.05, 0.1) is 0 Å². The van der Waals surface area contributed by atoms with Crippen molar-refractivity contribution in [1.82, 2.24) is 0 Å². The second-order valence-electron chi connectivity index (χ2n) is 4.55. The highest BCUT2D eigenvalue weighted by Gasteiger charge is 2.45. The third-order valence-electron chi connectivity index (χ3n) is 3.19. The van der Waals surface area contributed by atoms with Gasteiger partial charge in [-0.3, -0.25) is 5.73 Å². The van der Waals surface area contributed by atoms with Gasteiger partial charge in [-0.15, -0.1) is 0 Å². The minimum Gasteiger partial charge on any atom is -0.328 e. The van der Waals surface area contributed by atoms with Crippen molar-refractivity contribution in [2.75, 3.05) is 0 Å². The molecule has 0 saturated heterocycles. The quantitative estimate of drug-likeness (QED) is 0.490. The number of hydrogen-bond donors (Lipinski definition) is 4. The molecule has 0 radical (unpaired) electrons. The van der Waals surface area contributed by atoms with Crippen LogP contribution in [0.25, 0.3) is 0 Å². The van der Waals surface area contributed by atoms with E-state index in [0.29, 0.717) is 25.7 Å². The van der Waals surface area contributed by atoms with Gasteiger partial charge in [-0.2, -0.15) is 4.89 Å². The van der Waals surface area contributed by atoms with Gasteiger partial charge >= 0.3 is 8.03 Å². The van der Waals surface area contributed by atoms with E-state index in [4.69, 9.17) is 17.2 Å². The summed E-state index contributed by atoms with van der Waals surface area (Å²) in [6, 6.07) is 0.0963. The summed E-state index contributed by atoms with van der Waals surface area (Å²) in [5.41, 5.74) is 17.7. The van der Waals surface area contributed by atoms with Crippen LogP contribution in [0.3, 0.4) is 0 Å². The van der Waals surface area contributed by atoms with Gasteiger partial charge in [0.15, 0.2) is 0 Å². The van der Waals surface area contributed by atoms with Crippen LogP contribution < -0.4 is 17.2 Å². The molecule has 6 heteroatoms. The highest BCUT2D eigenvalue weighted by Crippen LogP contribution is 2.39. The summed E-state index contributed by atoms with van der Waals surface area (Å²) >= 11 is 0. The lowest BCUT2D eigenvalue weighted by atomic mass is 10.0. The Morgan fingerprint density at radius 3 is 1.80 bits per heavy atom. The molecule has 5 nitrogen and oxygen atoms in total. The zero-order chi connectivity index (χ0) is 11.5. The van der Waals surface area contributed by atoms with Gasteiger partial charge in [0, 0.05) is 24.9 Å². The number of rotatable bonds is 1. The average Bonchev–Trinajstić information content (AvgIpc) is 2.24. The third-order valence-corrected chi connectivity index (χ3v) is 4.39. The van der Waals surface area contributed by atoms with Crippen LogP contribution in [0.5, 0.6) is 0 Å². The molecule has 0 spiro atoms. The van der Waals surface area contributed by atoms with E-state index in [1.165, 1.54) is 0 Å². The third kappa shape index (κ3) is 3.78. The molecule has 7 N–H and O–H groups in total. The standard InChI is InChI=1S/C9H20N3O2P/c10-7-1-2-8(11)4-6-9(12,5-3-7)15(13)14/h7-8H,1-6,10-12H2/p+1. The smallest absolute Gasteiger partial charge is 0.328 e. The molecule has 0 aromatic carbocycles. The molecule has 0 aromatic rings. The fourth-order valence-electron chi connectivity index (χ4n) is 1.90. The van der Waals surface area contributed by atoms with Crippen LogP contribution in [0.1, 0.15) is 38.5 Å². The first-order chi connectivity index (χ1) is 6.94. The van der Waals surface area contributed by atoms with Gasteiger partial charge in [-0.25, -0.2) is 0 Å². The summed E-state index contributed by atoms with van der Waals surface area (Å²) in [5.74, 6) is 0. The van der Waals surface area contributed by atoms with Crippen molar-refractivity contribution in [3.8, 4) is 0 Å². The molecule has 0 bridgehead atoms. The summed E-state index contributed by atoms with van der Waals surface area (Å²) in [7, 11) is -2.36. The maximum absolute atomic E-state index is 11.2. The van der Waals surface area contributed by atoms with Crippen molar-refractivity contribution in [2.45, 2.75) is 55.9 Å². The van der Waals surface area contributed by atoms with Crippen LogP contribution in [-0.2, 0) is 4.57 Å². The largest absolute Gasteiger partial charge is 0.527 e. The minimum atomic E-state index is -2.36. The molecule has 3 unspecified atom stereocenters. The van der Waals surface area contributed by atoms with Gasteiger partial charge in [-0.1, -0.05) is 0 Å². The summed E-state index contributed by atoms with van der Waals surface area (Å²) in [4.78, 5) is 9.22. The highest BCUT2D eigenvalue weighted by molar-refractivity contribution is 7.39. The van der Waals surface area contributed by atoms with E-state index in [0.717, 1.165) is 12.8 Å². The molecule has 88 valence electrons. The Labute approximate surface area is 91.3 Å². The lowest BCUT2D eigenvalue weighted by Gasteiger charge is -2.17. The van der Waals surface area contributed by atoms with Crippen molar-refractivity contribution in [3.05, 3.63) is 0 Å². The second-order valence-corrected chi connectivity index (χ2v) is 5.99. The topological polar surface area (TPSA) is 115 Å². The first-order valence-electron chi connectivity index (χ1n) is 5.40. The molecule has 0 heterocycles. The molecule has 0 aliphatic heterocycles. The fourth-order valence-corrected chi connectivity index (χ4v) is 2.54. The first-order valence-corrected chi connectivity index (χ1v) is 6.61. The van der Waals surface area contributed by atoms with Crippen LogP contribution in [-0.4, -0.2) is 22.3 Å². The van der Waals surface area contributed by atoms with Crippen LogP contribution in [0.2, 0.25) is 0 Å². The summed E-state index contributed by atoms with van der Waals surface area (Å²) in [6.45, 7) is 0. The Balaban J connectivity index is 2.68. The molecule has 0 aromatic heterocycles. The predicted octanol–water partition coefficient (Wildman–Crippen LogP) is 0.385. The fraction of sp³-hybridized carbons (Fsp3) is 1.00. The van der Waals surface area contributed by atoms with E-state index in [1.807, 2.05) is 0 Å². The van der Waals surface area contributed by atoms with E-state index in [9.17, 15) is 9.46 Å². The van der Waals surface area contributed by atoms with E-state index in [1.54, 1.807) is 0 Å². The number of hydrogen-bond acceptors (Lipinski definition) is 4. The van der Waals surface area contributed by atoms with Crippen LogP contribution in [0.4, 0.5) is 0 Å². The van der Waals surface area contributed by atoms with Gasteiger partial charge in [0.2, 0.25) is 5.28 Å². The summed E-state index contributed by atoms with van der Waals surface area (Å²) in [5, 5.41) is -0.991. The van der Waals surface area contributed by atoms with Crippen molar-refractivity contribution >= 4 is 8.03 Å². The minimum absolute atomic E-state index is 0.0482. The molecule has 1 fully saturated rings. The van der Waals surface area contributed by atoms with E-state index < -0.39 is 13.3 Å². The first kappa shape index (κ1) is 13.0. The zero-order valence-corrected chi connectivity index (χ0v) is 9.83. The molecule has 1 rings (SSSR count). The maximum Gasteiger partial charge on any atom is 0.527 e. The Hall–Kier alpha value is -0.0600. The van der Waals surface area contributed by atoms with Crippen molar-refractivity contribution < 1.29 is 9.46 Å². The molecule has 0 amide bonds. The van der Waals surface area contributed by atoms with Crippen molar-refractivity contribution in [1.29, 1.82) is 0 Å². The Morgan fingerprint density at radius 2 is 1.47 bits per heavy atom. The van der Waals surface area contributed by atoms with Gasteiger partial charge in [-0.05, 0) is 30.2 Å². The second kappa shape index (κ2) is 5.32. The van der Waals surface area contributed by atoms with Crippen LogP contribution in [0, 0.1) is 0 Å². The molecule has 3 atom stereocenters. The lowest BCUT2D eigenvalue weighted by Crippen LogP contribution is -2.38. The summed E-state index contributed by atoms with van der Waals surface area (Å²) < 4.78 is 11.2. The SMILES string of the molecule is NC1CCC(N)CCC(N)([P+](=O)O)CC1. The monoisotopic (exact) mass is 234 g/mol. The van der Waals surface area contributed by atoms with Crippen LogP contribution >= 0.6 is 8.03 Å². The Morgan fingerprint density at radius 1 is 1.07 bits per heavy atom. The van der Waals surface area contributed by atoms with Crippen molar-refractivity contribution in [2.24, 2.45) is 17.2 Å². The normalized spacial score (nSPS) is 40.1.